The van der Waals surface area contributed by atoms with Gasteiger partial charge in [-0.1, -0.05) is 12.1 Å². The largest absolute Gasteiger partial charge is 0.481 e. The lowest BCUT2D eigenvalue weighted by Crippen LogP contribution is -2.25. The molecule has 3 N–H and O–H groups in total. The van der Waals surface area contributed by atoms with Gasteiger partial charge in [-0.05, 0) is 24.1 Å². The van der Waals surface area contributed by atoms with Gasteiger partial charge in [0, 0.05) is 5.30 Å². The fraction of sp³-hybridized carbons (Fsp3) is 0.200. The monoisotopic (exact) mass is 258 g/mol. The third kappa shape index (κ3) is 3.69. The molecule has 0 radical (unpaired) electrons. The van der Waals surface area contributed by atoms with Crippen LogP contribution < -0.4 is 5.30 Å². The van der Waals surface area contributed by atoms with E-state index < -0.39 is 25.9 Å². The predicted octanol–water partition coefficient (Wildman–Crippen LogP) is 0.107. The van der Waals surface area contributed by atoms with Crippen LogP contribution in [0, 0.1) is 5.92 Å². The topological polar surface area (TPSA) is 112 Å². The van der Waals surface area contributed by atoms with Crippen molar-refractivity contribution in [1.82, 2.24) is 0 Å². The molecular weight excluding hydrogens is 247 g/mol. The van der Waals surface area contributed by atoms with Crippen molar-refractivity contribution in [2.24, 2.45) is 5.92 Å². The van der Waals surface area contributed by atoms with E-state index in [0.29, 0.717) is 5.56 Å². The van der Waals surface area contributed by atoms with Gasteiger partial charge in [0.2, 0.25) is 8.03 Å². The molecule has 17 heavy (non-hydrogen) atoms. The maximum Gasteiger partial charge on any atom is 0.318 e. The van der Waals surface area contributed by atoms with Gasteiger partial charge in [0.25, 0.3) is 0 Å². The van der Waals surface area contributed by atoms with E-state index in [1.54, 1.807) is 0 Å². The molecule has 0 amide bonds. The first-order chi connectivity index (χ1) is 7.91. The van der Waals surface area contributed by atoms with Gasteiger partial charge in [0.05, 0.1) is 0 Å². The molecular formula is C10H11O6P. The summed E-state index contributed by atoms with van der Waals surface area (Å²) in [6.45, 7) is 0. The number of carboxylic acids is 2. The zero-order valence-electron chi connectivity index (χ0n) is 8.66. The normalized spacial score (nSPS) is 12.4. The van der Waals surface area contributed by atoms with Gasteiger partial charge in [-0.15, -0.1) is 0 Å². The summed E-state index contributed by atoms with van der Waals surface area (Å²) in [5, 5.41) is 17.6. The maximum atomic E-state index is 10.7. The SMILES string of the molecule is O=C(O)C(Cc1ccc([PH](=O)O)cc1)C(=O)O. The number of carbonyl (C=O) groups is 2. The molecule has 0 saturated heterocycles. The summed E-state index contributed by atoms with van der Waals surface area (Å²) in [6, 6.07) is 5.68. The Bertz CT molecular complexity index is 438. The van der Waals surface area contributed by atoms with E-state index >= 15 is 0 Å². The zero-order valence-corrected chi connectivity index (χ0v) is 9.66. The number of hydrogen-bond acceptors (Lipinski definition) is 3. The van der Waals surface area contributed by atoms with E-state index in [-0.39, 0.29) is 11.7 Å². The molecule has 0 heterocycles. The lowest BCUT2D eigenvalue weighted by atomic mass is 10.00. The van der Waals surface area contributed by atoms with Gasteiger partial charge in [-0.25, -0.2) is 0 Å². The summed E-state index contributed by atoms with van der Waals surface area (Å²) in [7, 11) is -2.77. The lowest BCUT2D eigenvalue weighted by molar-refractivity contribution is -0.154. The van der Waals surface area contributed by atoms with Crippen LogP contribution in [0.25, 0.3) is 0 Å². The lowest BCUT2D eigenvalue weighted by Gasteiger charge is -2.07. The minimum absolute atomic E-state index is 0.155. The van der Waals surface area contributed by atoms with E-state index in [4.69, 9.17) is 15.1 Å². The van der Waals surface area contributed by atoms with Crippen LogP contribution in [0.3, 0.4) is 0 Å². The van der Waals surface area contributed by atoms with Crippen LogP contribution in [0.2, 0.25) is 0 Å². The molecule has 1 unspecified atom stereocenters. The number of aliphatic carboxylic acids is 2. The molecule has 92 valence electrons. The first kappa shape index (κ1) is 13.4. The third-order valence-electron chi connectivity index (χ3n) is 2.24. The first-order valence-corrected chi connectivity index (χ1v) is 6.05. The van der Waals surface area contributed by atoms with Crippen molar-refractivity contribution in [3.8, 4) is 0 Å². The average Bonchev–Trinajstić information content (AvgIpc) is 2.25. The Morgan fingerprint density at radius 3 is 1.94 bits per heavy atom. The Kier molecular flexibility index (Phi) is 4.43. The highest BCUT2D eigenvalue weighted by Gasteiger charge is 2.25. The molecule has 0 aliphatic rings. The van der Waals surface area contributed by atoms with Crippen molar-refractivity contribution in [3.63, 3.8) is 0 Å². The first-order valence-electron chi connectivity index (χ1n) is 4.69. The molecule has 0 bridgehead atoms. The molecule has 1 atom stereocenters. The Labute approximate surface area is 97.4 Å². The molecule has 0 aromatic heterocycles. The van der Waals surface area contributed by atoms with Crippen LogP contribution >= 0.6 is 8.03 Å². The highest BCUT2D eigenvalue weighted by Crippen LogP contribution is 2.15. The fourth-order valence-electron chi connectivity index (χ4n) is 1.30. The number of benzene rings is 1. The van der Waals surface area contributed by atoms with E-state index in [9.17, 15) is 14.2 Å². The Hall–Kier alpha value is -1.65. The van der Waals surface area contributed by atoms with Gasteiger partial charge in [0.1, 0.15) is 0 Å². The van der Waals surface area contributed by atoms with Gasteiger partial charge in [-0.3, -0.25) is 14.2 Å². The summed E-state index contributed by atoms with van der Waals surface area (Å²) < 4.78 is 10.7. The number of rotatable bonds is 5. The van der Waals surface area contributed by atoms with Crippen molar-refractivity contribution in [2.45, 2.75) is 6.42 Å². The van der Waals surface area contributed by atoms with Gasteiger partial charge in [-0.2, -0.15) is 0 Å². The van der Waals surface area contributed by atoms with Crippen LogP contribution in [0.1, 0.15) is 5.56 Å². The van der Waals surface area contributed by atoms with E-state index in [1.807, 2.05) is 0 Å². The van der Waals surface area contributed by atoms with Crippen molar-refractivity contribution in [3.05, 3.63) is 29.8 Å². The Morgan fingerprint density at radius 1 is 1.12 bits per heavy atom. The number of hydrogen-bond donors (Lipinski definition) is 3. The Balaban J connectivity index is 2.84. The average molecular weight is 258 g/mol. The molecule has 0 fully saturated rings. The summed E-state index contributed by atoms with van der Waals surface area (Å²) in [4.78, 5) is 30.1. The minimum Gasteiger partial charge on any atom is -0.481 e. The zero-order chi connectivity index (χ0) is 13.0. The van der Waals surface area contributed by atoms with Gasteiger partial charge in [0.15, 0.2) is 5.92 Å². The van der Waals surface area contributed by atoms with Crippen LogP contribution in [0.4, 0.5) is 0 Å². The minimum atomic E-state index is -2.77. The van der Waals surface area contributed by atoms with Crippen LogP contribution in [0.5, 0.6) is 0 Å². The summed E-state index contributed by atoms with van der Waals surface area (Å²) >= 11 is 0. The standard InChI is InChI=1S/C10H11O6P/c11-9(12)8(10(13)14)5-6-1-3-7(4-2-6)17(15)16/h1-4,8,17H,5H2,(H,11,12)(H,13,14)(H,15,16). The molecule has 0 aliphatic heterocycles. The second-order valence-corrected chi connectivity index (χ2v) is 4.62. The second-order valence-electron chi connectivity index (χ2n) is 3.44. The van der Waals surface area contributed by atoms with Gasteiger partial charge >= 0.3 is 11.9 Å². The molecule has 0 aliphatic carbocycles. The number of carboxylic acid groups (broad SMARTS) is 2. The molecule has 1 aromatic rings. The van der Waals surface area contributed by atoms with Gasteiger partial charge < -0.3 is 15.1 Å². The van der Waals surface area contributed by atoms with Crippen LogP contribution in [-0.4, -0.2) is 27.0 Å². The quantitative estimate of drug-likeness (QED) is 0.510. The highest BCUT2D eigenvalue weighted by atomic mass is 31.1. The van der Waals surface area contributed by atoms with E-state index in [1.165, 1.54) is 24.3 Å². The summed E-state index contributed by atoms with van der Waals surface area (Å²) in [6.07, 6.45) is -0.155. The summed E-state index contributed by atoms with van der Waals surface area (Å²) in [5.74, 6) is -4.32. The van der Waals surface area contributed by atoms with E-state index in [2.05, 4.69) is 0 Å². The third-order valence-corrected chi connectivity index (χ3v) is 3.06. The molecule has 7 heteroatoms. The van der Waals surface area contributed by atoms with Crippen molar-refractivity contribution in [1.29, 1.82) is 0 Å². The van der Waals surface area contributed by atoms with Crippen LogP contribution in [-0.2, 0) is 20.6 Å². The summed E-state index contributed by atoms with van der Waals surface area (Å²) in [5.41, 5.74) is 0.492. The van der Waals surface area contributed by atoms with Crippen molar-refractivity contribution < 1.29 is 29.3 Å². The molecule has 6 nitrogen and oxygen atoms in total. The highest BCUT2D eigenvalue weighted by molar-refractivity contribution is 7.47. The molecule has 1 rings (SSSR count). The Morgan fingerprint density at radius 2 is 1.59 bits per heavy atom. The maximum absolute atomic E-state index is 10.7. The van der Waals surface area contributed by atoms with Crippen LogP contribution in [0.15, 0.2) is 24.3 Å². The predicted molar refractivity (Wildman–Crippen MR) is 59.8 cm³/mol. The fourth-order valence-corrected chi connectivity index (χ4v) is 1.75. The molecule has 1 aromatic carbocycles. The van der Waals surface area contributed by atoms with Crippen molar-refractivity contribution >= 4 is 25.3 Å². The molecule has 0 spiro atoms. The molecule has 0 saturated carbocycles. The second kappa shape index (κ2) is 5.61. The van der Waals surface area contributed by atoms with E-state index in [0.717, 1.165) is 0 Å². The smallest absolute Gasteiger partial charge is 0.318 e. The van der Waals surface area contributed by atoms with Crippen molar-refractivity contribution in [2.75, 3.05) is 0 Å².